The first-order chi connectivity index (χ1) is 17.0. The molecule has 2 aromatic carbocycles. The summed E-state index contributed by atoms with van der Waals surface area (Å²) < 4.78 is 5.66. The average Bonchev–Trinajstić information content (AvgIpc) is 3.54. The van der Waals surface area contributed by atoms with Gasteiger partial charge in [0.25, 0.3) is 0 Å². The van der Waals surface area contributed by atoms with Gasteiger partial charge in [0, 0.05) is 24.9 Å². The Balaban J connectivity index is 1.22. The molecular weight excluding hydrogens is 444 g/mol. The Morgan fingerprint density at radius 1 is 1.11 bits per heavy atom. The fourth-order valence-electron chi connectivity index (χ4n) is 6.11. The number of rotatable bonds is 8. The molecule has 0 bridgehead atoms. The highest BCUT2D eigenvalue weighted by atomic mass is 16.5. The van der Waals surface area contributed by atoms with E-state index in [1.807, 2.05) is 31.2 Å². The highest BCUT2D eigenvalue weighted by molar-refractivity contribution is 5.91. The maximum atomic E-state index is 13.1. The summed E-state index contributed by atoms with van der Waals surface area (Å²) in [5.41, 5.74) is 3.59. The first-order valence-electron chi connectivity index (χ1n) is 12.6. The van der Waals surface area contributed by atoms with E-state index in [1.165, 1.54) is 11.1 Å². The van der Waals surface area contributed by atoms with Crippen LogP contribution in [0.15, 0.2) is 48.5 Å². The quantitative estimate of drug-likeness (QED) is 0.583. The molecule has 2 amide bonds. The van der Waals surface area contributed by atoms with Crippen molar-refractivity contribution in [3.63, 3.8) is 0 Å². The molecule has 0 aromatic heterocycles. The van der Waals surface area contributed by atoms with Crippen molar-refractivity contribution in [2.45, 2.75) is 62.9 Å². The predicted molar refractivity (Wildman–Crippen MR) is 131 cm³/mol. The highest BCUT2D eigenvalue weighted by Gasteiger charge is 2.66. The van der Waals surface area contributed by atoms with Crippen molar-refractivity contribution < 1.29 is 24.2 Å². The molecule has 3 atom stereocenters. The minimum Gasteiger partial charge on any atom is -0.479 e. The number of benzene rings is 2. The van der Waals surface area contributed by atoms with Gasteiger partial charge in [0.15, 0.2) is 0 Å². The third kappa shape index (κ3) is 4.17. The molecule has 5 rings (SSSR count). The van der Waals surface area contributed by atoms with Crippen molar-refractivity contribution in [1.82, 2.24) is 10.2 Å². The minimum atomic E-state index is -1.03. The first-order valence-corrected chi connectivity index (χ1v) is 12.6. The van der Waals surface area contributed by atoms with Gasteiger partial charge in [-0.1, -0.05) is 61.9 Å². The van der Waals surface area contributed by atoms with Gasteiger partial charge in [0.1, 0.15) is 12.1 Å². The molecule has 2 fully saturated rings. The lowest BCUT2D eigenvalue weighted by molar-refractivity contribution is -0.154. The molecule has 2 aromatic rings. The second-order valence-electron chi connectivity index (χ2n) is 9.98. The molecule has 7 heteroatoms. The number of amides is 2. The van der Waals surface area contributed by atoms with Gasteiger partial charge >= 0.3 is 12.1 Å². The van der Waals surface area contributed by atoms with Crippen molar-refractivity contribution in [3.05, 3.63) is 59.7 Å². The van der Waals surface area contributed by atoms with E-state index in [4.69, 9.17) is 4.74 Å². The first kappa shape index (κ1) is 23.4. The zero-order valence-corrected chi connectivity index (χ0v) is 20.0. The van der Waals surface area contributed by atoms with E-state index in [-0.39, 0.29) is 30.8 Å². The Hall–Kier alpha value is -3.35. The number of nitrogens with zero attached hydrogens (tertiary/aromatic N) is 1. The van der Waals surface area contributed by atoms with Crippen LogP contribution in [-0.4, -0.2) is 52.7 Å². The summed E-state index contributed by atoms with van der Waals surface area (Å²) in [7, 11) is 0. The summed E-state index contributed by atoms with van der Waals surface area (Å²) in [5.74, 6) is -1.09. The Kier molecular flexibility index (Phi) is 6.26. The van der Waals surface area contributed by atoms with E-state index in [1.54, 1.807) is 4.90 Å². The molecule has 1 saturated carbocycles. The normalized spacial score (nSPS) is 23.0. The number of hydrogen-bond acceptors (Lipinski definition) is 4. The number of ether oxygens (including phenoxy) is 1. The molecule has 2 aliphatic carbocycles. The summed E-state index contributed by atoms with van der Waals surface area (Å²) in [6.07, 6.45) is 3.15. The van der Waals surface area contributed by atoms with E-state index in [2.05, 4.69) is 29.6 Å². The number of likely N-dealkylation sites (tertiary alicyclic amines) is 1. The Bertz CT molecular complexity index is 1100. The second-order valence-corrected chi connectivity index (χ2v) is 9.98. The van der Waals surface area contributed by atoms with Crippen molar-refractivity contribution >= 4 is 18.0 Å². The summed E-state index contributed by atoms with van der Waals surface area (Å²) in [4.78, 5) is 39.4. The van der Waals surface area contributed by atoms with Crippen molar-refractivity contribution in [1.29, 1.82) is 0 Å². The monoisotopic (exact) mass is 476 g/mol. The van der Waals surface area contributed by atoms with Gasteiger partial charge in [-0.2, -0.15) is 0 Å². The molecule has 1 saturated heterocycles. The number of nitrogens with one attached hydrogen (secondary N) is 1. The summed E-state index contributed by atoms with van der Waals surface area (Å²) >= 11 is 0. The number of hydrogen-bond donors (Lipinski definition) is 2. The van der Waals surface area contributed by atoms with Crippen LogP contribution in [0, 0.1) is 5.92 Å². The number of fused-ring (bicyclic) bond motifs is 4. The van der Waals surface area contributed by atoms with Gasteiger partial charge in [0.05, 0.1) is 0 Å². The fourth-order valence-corrected chi connectivity index (χ4v) is 6.11. The zero-order chi connectivity index (χ0) is 24.6. The summed E-state index contributed by atoms with van der Waals surface area (Å²) in [6.45, 7) is 2.67. The Morgan fingerprint density at radius 2 is 1.77 bits per heavy atom. The van der Waals surface area contributed by atoms with Crippen LogP contribution in [-0.2, 0) is 14.3 Å². The van der Waals surface area contributed by atoms with E-state index in [0.717, 1.165) is 30.4 Å². The summed E-state index contributed by atoms with van der Waals surface area (Å²) in [5, 5.41) is 12.6. The maximum absolute atomic E-state index is 13.1. The Labute approximate surface area is 205 Å². The van der Waals surface area contributed by atoms with E-state index in [9.17, 15) is 19.5 Å². The molecular formula is C28H32N2O5. The number of carboxylic acids is 1. The lowest BCUT2D eigenvalue weighted by atomic mass is 9.98. The lowest BCUT2D eigenvalue weighted by Gasteiger charge is -2.34. The highest BCUT2D eigenvalue weighted by Crippen LogP contribution is 2.54. The van der Waals surface area contributed by atoms with Crippen LogP contribution in [0.2, 0.25) is 0 Å². The maximum Gasteiger partial charge on any atom is 0.407 e. The predicted octanol–water partition coefficient (Wildman–Crippen LogP) is 4.55. The van der Waals surface area contributed by atoms with Crippen molar-refractivity contribution in [2.24, 2.45) is 5.92 Å². The standard InChI is InChI=1S/C28H32N2O5/c1-2-8-19(15-25(31)30-14-7-9-18-16-28(18,30)26(32)33)29-27(34)35-17-24-22-12-5-3-10-20(22)21-11-4-6-13-23(21)24/h3-6,10-13,18-19,24H,2,7-9,14-17H2,1H3,(H,29,34)(H,32,33)/t18?,19-,28?/m0/s1. The van der Waals surface area contributed by atoms with Gasteiger partial charge in [-0.15, -0.1) is 0 Å². The molecule has 35 heavy (non-hydrogen) atoms. The minimum absolute atomic E-state index is 0.0324. The largest absolute Gasteiger partial charge is 0.479 e. The van der Waals surface area contributed by atoms with Gasteiger partial charge in [-0.25, -0.2) is 9.59 Å². The zero-order valence-electron chi connectivity index (χ0n) is 20.0. The molecule has 1 aliphatic heterocycles. The number of aliphatic carboxylic acids is 1. The molecule has 1 heterocycles. The van der Waals surface area contributed by atoms with Gasteiger partial charge in [0.2, 0.25) is 5.91 Å². The molecule has 2 N–H and O–H groups in total. The topological polar surface area (TPSA) is 95.9 Å². The number of carbonyl (C=O) groups excluding carboxylic acids is 2. The number of carboxylic acid groups (broad SMARTS) is 1. The molecule has 3 aliphatic rings. The van der Waals surface area contributed by atoms with Crippen LogP contribution < -0.4 is 5.32 Å². The third-order valence-corrected chi connectivity index (χ3v) is 7.88. The molecule has 0 spiro atoms. The second kappa shape index (κ2) is 9.36. The van der Waals surface area contributed by atoms with Gasteiger partial charge in [-0.05, 0) is 53.9 Å². The SMILES string of the molecule is CCC[C@@H](CC(=O)N1CCCC2CC21C(=O)O)NC(=O)OCC1c2ccccc2-c2ccccc21. The van der Waals surface area contributed by atoms with Crippen molar-refractivity contribution in [2.75, 3.05) is 13.2 Å². The van der Waals surface area contributed by atoms with Crippen LogP contribution in [0.4, 0.5) is 4.79 Å². The average molecular weight is 477 g/mol. The molecule has 7 nitrogen and oxygen atoms in total. The number of alkyl carbamates (subject to hydrolysis) is 1. The number of carbonyl (C=O) groups is 3. The molecule has 0 radical (unpaired) electrons. The molecule has 184 valence electrons. The van der Waals surface area contributed by atoms with Gasteiger partial charge < -0.3 is 20.1 Å². The van der Waals surface area contributed by atoms with E-state index < -0.39 is 23.6 Å². The van der Waals surface area contributed by atoms with Crippen LogP contribution in [0.1, 0.15) is 62.5 Å². The van der Waals surface area contributed by atoms with E-state index >= 15 is 0 Å². The van der Waals surface area contributed by atoms with Crippen molar-refractivity contribution in [3.8, 4) is 11.1 Å². The van der Waals surface area contributed by atoms with Gasteiger partial charge in [-0.3, -0.25) is 4.79 Å². The number of piperidine rings is 1. The van der Waals surface area contributed by atoms with Crippen LogP contribution in [0.5, 0.6) is 0 Å². The third-order valence-electron chi connectivity index (χ3n) is 7.88. The van der Waals surface area contributed by atoms with Crippen LogP contribution in [0.3, 0.4) is 0 Å². The van der Waals surface area contributed by atoms with Crippen LogP contribution >= 0.6 is 0 Å². The van der Waals surface area contributed by atoms with Crippen LogP contribution in [0.25, 0.3) is 11.1 Å². The molecule has 2 unspecified atom stereocenters. The van der Waals surface area contributed by atoms with E-state index in [0.29, 0.717) is 19.4 Å². The lowest BCUT2D eigenvalue weighted by Crippen LogP contribution is -2.52. The Morgan fingerprint density at radius 3 is 2.40 bits per heavy atom. The smallest absolute Gasteiger partial charge is 0.407 e. The summed E-state index contributed by atoms with van der Waals surface area (Å²) in [6, 6.07) is 15.9. The fraction of sp³-hybridized carbons (Fsp3) is 0.464.